The number of ether oxygens (including phenoxy) is 1. The number of methoxy groups -OCH3 is 1. The van der Waals surface area contributed by atoms with Crippen LogP contribution in [0.4, 0.5) is 13.2 Å². The lowest BCUT2D eigenvalue weighted by Gasteiger charge is -2.20. The normalized spacial score (nSPS) is 13.8. The highest BCUT2D eigenvalue weighted by Gasteiger charge is 2.30. The number of halogens is 4. The maximum atomic E-state index is 13.5. The molecule has 0 spiro atoms. The smallest absolute Gasteiger partial charge is 0.248 e. The highest BCUT2D eigenvalue weighted by atomic mass is 35.5. The zero-order chi connectivity index (χ0) is 15.5. The zero-order valence-electron chi connectivity index (χ0n) is 10.7. The highest BCUT2D eigenvalue weighted by molar-refractivity contribution is 7.89. The molecule has 0 N–H and O–H groups in total. The number of hydrogen-bond acceptors (Lipinski definition) is 3. The molecule has 0 aromatic heterocycles. The number of nitrogens with zero attached hydrogens (tertiary/aromatic N) is 1. The van der Waals surface area contributed by atoms with Crippen molar-refractivity contribution in [2.24, 2.45) is 0 Å². The fraction of sp³-hybridized carbons (Fsp3) is 0.455. The maximum Gasteiger partial charge on any atom is 0.248 e. The SMILES string of the molecule is COCC(Cl)CN(C)S(=O)(=O)c1c(F)cc(F)cc1F. The van der Waals surface area contributed by atoms with E-state index in [1.54, 1.807) is 0 Å². The fourth-order valence-electron chi connectivity index (χ4n) is 1.54. The van der Waals surface area contributed by atoms with E-state index >= 15 is 0 Å². The number of alkyl halides is 1. The third-order valence-corrected chi connectivity index (χ3v) is 4.57. The van der Waals surface area contributed by atoms with Crippen molar-refractivity contribution >= 4 is 21.6 Å². The Hall–Kier alpha value is -0.830. The minimum absolute atomic E-state index is 0.0653. The van der Waals surface area contributed by atoms with Gasteiger partial charge in [-0.2, -0.15) is 4.31 Å². The van der Waals surface area contributed by atoms with Gasteiger partial charge in [-0.25, -0.2) is 21.6 Å². The van der Waals surface area contributed by atoms with E-state index in [9.17, 15) is 21.6 Å². The minimum atomic E-state index is -4.45. The van der Waals surface area contributed by atoms with Gasteiger partial charge in [0.15, 0.2) is 4.90 Å². The average molecular weight is 332 g/mol. The predicted molar refractivity (Wildman–Crippen MR) is 67.6 cm³/mol. The molecule has 1 rings (SSSR count). The third-order valence-electron chi connectivity index (χ3n) is 2.43. The molecule has 1 aromatic rings. The van der Waals surface area contributed by atoms with Gasteiger partial charge in [0.05, 0.1) is 12.0 Å². The van der Waals surface area contributed by atoms with Gasteiger partial charge in [-0.3, -0.25) is 0 Å². The van der Waals surface area contributed by atoms with E-state index in [0.29, 0.717) is 16.4 Å². The van der Waals surface area contributed by atoms with Gasteiger partial charge in [-0.05, 0) is 0 Å². The second-order valence-corrected chi connectivity index (χ2v) is 6.64. The maximum absolute atomic E-state index is 13.5. The van der Waals surface area contributed by atoms with Gasteiger partial charge in [-0.1, -0.05) is 0 Å². The van der Waals surface area contributed by atoms with E-state index in [4.69, 9.17) is 16.3 Å². The van der Waals surface area contributed by atoms with Crippen LogP contribution in [-0.4, -0.2) is 45.4 Å². The summed E-state index contributed by atoms with van der Waals surface area (Å²) in [6.07, 6.45) is 0. The van der Waals surface area contributed by atoms with Crippen molar-refractivity contribution in [3.63, 3.8) is 0 Å². The van der Waals surface area contributed by atoms with Crippen LogP contribution in [0.25, 0.3) is 0 Å². The Morgan fingerprint density at radius 1 is 1.30 bits per heavy atom. The van der Waals surface area contributed by atoms with E-state index < -0.39 is 37.7 Å². The summed E-state index contributed by atoms with van der Waals surface area (Å²) in [5, 5.41) is -0.689. The summed E-state index contributed by atoms with van der Waals surface area (Å²) < 4.78 is 69.3. The molecule has 1 atom stereocenters. The summed E-state index contributed by atoms with van der Waals surface area (Å²) in [5.74, 6) is -4.18. The molecule has 20 heavy (non-hydrogen) atoms. The van der Waals surface area contributed by atoms with Crippen LogP contribution in [0.3, 0.4) is 0 Å². The van der Waals surface area contributed by atoms with E-state index in [-0.39, 0.29) is 13.2 Å². The molecular formula is C11H13ClF3NO3S. The molecule has 0 radical (unpaired) electrons. The lowest BCUT2D eigenvalue weighted by Crippen LogP contribution is -2.35. The Labute approximate surface area is 120 Å². The average Bonchev–Trinajstić information content (AvgIpc) is 2.26. The van der Waals surface area contributed by atoms with Crippen molar-refractivity contribution in [2.75, 3.05) is 27.3 Å². The van der Waals surface area contributed by atoms with Crippen molar-refractivity contribution in [3.8, 4) is 0 Å². The fourth-order valence-corrected chi connectivity index (χ4v) is 3.26. The first-order valence-electron chi connectivity index (χ1n) is 5.44. The molecule has 0 saturated heterocycles. The summed E-state index contributed by atoms with van der Waals surface area (Å²) in [4.78, 5) is -1.21. The van der Waals surface area contributed by atoms with Crippen molar-refractivity contribution < 1.29 is 26.3 Å². The first kappa shape index (κ1) is 17.2. The Balaban J connectivity index is 3.11. The highest BCUT2D eigenvalue weighted by Crippen LogP contribution is 2.23. The Morgan fingerprint density at radius 2 is 1.80 bits per heavy atom. The monoisotopic (exact) mass is 331 g/mol. The van der Waals surface area contributed by atoms with Crippen LogP contribution < -0.4 is 0 Å². The molecule has 1 unspecified atom stereocenters. The summed E-state index contributed by atoms with van der Waals surface area (Å²) in [6, 6.07) is 0.605. The summed E-state index contributed by atoms with van der Waals surface area (Å²) in [7, 11) is -1.96. The first-order chi connectivity index (χ1) is 9.20. The molecule has 0 amide bonds. The van der Waals surface area contributed by atoms with E-state index in [1.165, 1.54) is 7.11 Å². The molecule has 0 bridgehead atoms. The Bertz CT molecular complexity index is 559. The third kappa shape index (κ3) is 3.85. The topological polar surface area (TPSA) is 46.6 Å². The molecule has 0 saturated carbocycles. The Kier molecular flexibility index (Phi) is 5.81. The Morgan fingerprint density at radius 3 is 2.25 bits per heavy atom. The molecule has 0 heterocycles. The molecule has 0 aliphatic rings. The van der Waals surface area contributed by atoms with Crippen molar-refractivity contribution in [1.82, 2.24) is 4.31 Å². The molecule has 0 fully saturated rings. The summed E-state index contributed by atoms with van der Waals surface area (Å²) >= 11 is 5.80. The van der Waals surface area contributed by atoms with Gasteiger partial charge in [0.1, 0.15) is 17.5 Å². The van der Waals surface area contributed by atoms with Crippen LogP contribution in [0.5, 0.6) is 0 Å². The zero-order valence-corrected chi connectivity index (χ0v) is 12.3. The molecule has 114 valence electrons. The van der Waals surface area contributed by atoms with E-state index in [2.05, 4.69) is 0 Å². The van der Waals surface area contributed by atoms with Crippen LogP contribution in [-0.2, 0) is 14.8 Å². The number of sulfonamides is 1. The molecule has 1 aromatic carbocycles. The van der Waals surface area contributed by atoms with Crippen molar-refractivity contribution in [1.29, 1.82) is 0 Å². The molecule has 0 aliphatic heterocycles. The van der Waals surface area contributed by atoms with Gasteiger partial charge in [-0.15, -0.1) is 11.6 Å². The first-order valence-corrected chi connectivity index (χ1v) is 7.31. The predicted octanol–water partition coefficient (Wildman–Crippen LogP) is 1.98. The number of benzene rings is 1. The lowest BCUT2D eigenvalue weighted by atomic mass is 10.3. The number of hydrogen-bond donors (Lipinski definition) is 0. The van der Waals surface area contributed by atoms with Gasteiger partial charge in [0, 0.05) is 32.8 Å². The second-order valence-electron chi connectivity index (χ2n) is 4.04. The van der Waals surface area contributed by atoms with Gasteiger partial charge < -0.3 is 4.74 Å². The molecule has 4 nitrogen and oxygen atoms in total. The van der Waals surface area contributed by atoms with Crippen LogP contribution >= 0.6 is 11.6 Å². The quantitative estimate of drug-likeness (QED) is 0.749. The van der Waals surface area contributed by atoms with Crippen molar-refractivity contribution in [2.45, 2.75) is 10.3 Å². The molecule has 0 aliphatic carbocycles. The van der Waals surface area contributed by atoms with Crippen molar-refractivity contribution in [3.05, 3.63) is 29.6 Å². The number of rotatable bonds is 6. The second kappa shape index (κ2) is 6.75. The van der Waals surface area contributed by atoms with E-state index in [1.807, 2.05) is 0 Å². The van der Waals surface area contributed by atoms with Gasteiger partial charge in [0.2, 0.25) is 10.0 Å². The van der Waals surface area contributed by atoms with Gasteiger partial charge in [0.25, 0.3) is 0 Å². The molecular weight excluding hydrogens is 319 g/mol. The van der Waals surface area contributed by atoms with Gasteiger partial charge >= 0.3 is 0 Å². The van der Waals surface area contributed by atoms with Crippen LogP contribution in [0.15, 0.2) is 17.0 Å². The summed E-state index contributed by atoms with van der Waals surface area (Å²) in [6.45, 7) is -0.149. The van der Waals surface area contributed by atoms with Crippen LogP contribution in [0, 0.1) is 17.5 Å². The lowest BCUT2D eigenvalue weighted by molar-refractivity contribution is 0.192. The summed E-state index contributed by atoms with van der Waals surface area (Å²) in [5.41, 5.74) is 0. The molecule has 9 heteroatoms. The van der Waals surface area contributed by atoms with Crippen LogP contribution in [0.2, 0.25) is 0 Å². The largest absolute Gasteiger partial charge is 0.383 e. The standard InChI is InChI=1S/C11H13ClF3NO3S/c1-16(5-7(12)6-19-2)20(17,18)11-9(14)3-8(13)4-10(11)15/h3-4,7H,5-6H2,1-2H3. The van der Waals surface area contributed by atoms with E-state index in [0.717, 1.165) is 7.05 Å². The minimum Gasteiger partial charge on any atom is -0.383 e. The van der Waals surface area contributed by atoms with Crippen LogP contribution in [0.1, 0.15) is 0 Å².